The number of amides is 1. The van der Waals surface area contributed by atoms with E-state index in [0.717, 1.165) is 16.7 Å². The molecule has 0 N–H and O–H groups in total. The van der Waals surface area contributed by atoms with E-state index in [1.807, 2.05) is 37.3 Å². The van der Waals surface area contributed by atoms with Crippen molar-refractivity contribution in [2.45, 2.75) is 13.0 Å². The maximum Gasteiger partial charge on any atom is 0.257 e. The molecule has 23 heavy (non-hydrogen) atoms. The van der Waals surface area contributed by atoms with Crippen LogP contribution in [-0.4, -0.2) is 22.8 Å². The van der Waals surface area contributed by atoms with Crippen LogP contribution >= 0.6 is 27.5 Å². The molecular weight excluding hydrogens is 380 g/mol. The summed E-state index contributed by atoms with van der Waals surface area (Å²) in [4.78, 5) is 18.3. The summed E-state index contributed by atoms with van der Waals surface area (Å²) in [6.07, 6.45) is 1.56. The van der Waals surface area contributed by atoms with Gasteiger partial charge in [0, 0.05) is 23.1 Å². The van der Waals surface area contributed by atoms with Gasteiger partial charge in [0.25, 0.3) is 5.91 Å². The predicted octanol–water partition coefficient (Wildman–Crippen LogP) is 5.08. The summed E-state index contributed by atoms with van der Waals surface area (Å²) in [5.41, 5.74) is 1.16. The van der Waals surface area contributed by atoms with Gasteiger partial charge >= 0.3 is 0 Å². The summed E-state index contributed by atoms with van der Waals surface area (Å²) >= 11 is 9.36. The number of fused-ring (bicyclic) bond motifs is 1. The molecule has 0 bridgehead atoms. The number of carbonyl (C=O) groups excluding carboxylic acids is 1. The van der Waals surface area contributed by atoms with Gasteiger partial charge in [0.05, 0.1) is 11.6 Å². The molecule has 3 rings (SSSR count). The van der Waals surface area contributed by atoms with Crippen LogP contribution in [-0.2, 0) is 0 Å². The number of aromatic nitrogens is 1. The van der Waals surface area contributed by atoms with E-state index in [1.54, 1.807) is 24.2 Å². The van der Waals surface area contributed by atoms with E-state index >= 15 is 0 Å². The Morgan fingerprint density at radius 1 is 1.35 bits per heavy atom. The van der Waals surface area contributed by atoms with E-state index in [2.05, 4.69) is 20.9 Å². The highest BCUT2D eigenvalue weighted by atomic mass is 79.9. The predicted molar refractivity (Wildman–Crippen MR) is 93.7 cm³/mol. The van der Waals surface area contributed by atoms with Gasteiger partial charge in [0.1, 0.15) is 16.5 Å². The third-order valence-electron chi connectivity index (χ3n) is 3.79. The molecule has 4 nitrogen and oxygen atoms in total. The number of halogens is 2. The van der Waals surface area contributed by atoms with Gasteiger partial charge in [0.2, 0.25) is 0 Å². The summed E-state index contributed by atoms with van der Waals surface area (Å²) in [7, 11) is 1.72. The van der Waals surface area contributed by atoms with Crippen LogP contribution < -0.4 is 0 Å². The lowest BCUT2D eigenvalue weighted by atomic mass is 10.1. The molecule has 1 amide bonds. The first kappa shape index (κ1) is 16.0. The number of hydrogen-bond donors (Lipinski definition) is 0. The summed E-state index contributed by atoms with van der Waals surface area (Å²) < 4.78 is 6.54. The Bertz CT molecular complexity index is 845. The Balaban J connectivity index is 1.90. The number of rotatable bonds is 3. The third kappa shape index (κ3) is 3.12. The van der Waals surface area contributed by atoms with Crippen molar-refractivity contribution in [2.75, 3.05) is 7.05 Å². The van der Waals surface area contributed by atoms with Crippen LogP contribution in [0.3, 0.4) is 0 Å². The molecule has 0 aliphatic rings. The molecule has 2 heterocycles. The van der Waals surface area contributed by atoms with Gasteiger partial charge in [-0.2, -0.15) is 0 Å². The minimum Gasteiger partial charge on any atom is -0.459 e. The van der Waals surface area contributed by atoms with Crippen LogP contribution in [0.2, 0.25) is 5.15 Å². The van der Waals surface area contributed by atoms with Gasteiger partial charge in [-0.05, 0) is 41.1 Å². The molecule has 3 aromatic rings. The van der Waals surface area contributed by atoms with Crippen molar-refractivity contribution in [2.24, 2.45) is 0 Å². The molecule has 0 fully saturated rings. The normalized spacial score (nSPS) is 12.3. The maximum absolute atomic E-state index is 12.7. The van der Waals surface area contributed by atoms with Crippen molar-refractivity contribution in [3.8, 4) is 0 Å². The molecule has 0 aliphatic heterocycles. The second-order valence-electron chi connectivity index (χ2n) is 5.27. The van der Waals surface area contributed by atoms with Gasteiger partial charge < -0.3 is 9.32 Å². The zero-order valence-corrected chi connectivity index (χ0v) is 14.9. The highest BCUT2D eigenvalue weighted by Crippen LogP contribution is 2.28. The SMILES string of the molecule is CC(c1cc2ccccc2o1)N(C)C(=O)c1cc(Br)cnc1Cl. The maximum atomic E-state index is 12.7. The monoisotopic (exact) mass is 392 g/mol. The molecular formula is C17H14BrClN2O2. The smallest absolute Gasteiger partial charge is 0.257 e. The van der Waals surface area contributed by atoms with E-state index < -0.39 is 0 Å². The lowest BCUT2D eigenvalue weighted by Crippen LogP contribution is -2.29. The number of hydrogen-bond acceptors (Lipinski definition) is 3. The number of furan rings is 1. The van der Waals surface area contributed by atoms with Crippen LogP contribution in [0.25, 0.3) is 11.0 Å². The molecule has 0 radical (unpaired) electrons. The van der Waals surface area contributed by atoms with Gasteiger partial charge in [-0.15, -0.1) is 0 Å². The number of benzene rings is 1. The van der Waals surface area contributed by atoms with Crippen molar-refractivity contribution < 1.29 is 9.21 Å². The van der Waals surface area contributed by atoms with E-state index in [-0.39, 0.29) is 17.1 Å². The molecule has 0 spiro atoms. The molecule has 1 aromatic carbocycles. The molecule has 0 saturated carbocycles. The van der Waals surface area contributed by atoms with Gasteiger partial charge in [0.15, 0.2) is 0 Å². The second kappa shape index (κ2) is 6.34. The van der Waals surface area contributed by atoms with Gasteiger partial charge in [-0.25, -0.2) is 4.98 Å². The van der Waals surface area contributed by atoms with Gasteiger partial charge in [-0.1, -0.05) is 29.8 Å². The number of pyridine rings is 1. The first-order valence-electron chi connectivity index (χ1n) is 7.04. The molecule has 0 saturated heterocycles. The summed E-state index contributed by atoms with van der Waals surface area (Å²) in [6.45, 7) is 1.91. The van der Waals surface area contributed by atoms with Crippen LogP contribution in [0.4, 0.5) is 0 Å². The Hall–Kier alpha value is -1.85. The lowest BCUT2D eigenvalue weighted by Gasteiger charge is -2.23. The molecule has 118 valence electrons. The Morgan fingerprint density at radius 2 is 2.09 bits per heavy atom. The highest BCUT2D eigenvalue weighted by Gasteiger charge is 2.24. The first-order valence-corrected chi connectivity index (χ1v) is 8.21. The summed E-state index contributed by atoms with van der Waals surface area (Å²) in [5, 5.41) is 1.19. The van der Waals surface area contributed by atoms with E-state index in [9.17, 15) is 4.79 Å². The second-order valence-corrected chi connectivity index (χ2v) is 6.54. The van der Waals surface area contributed by atoms with Crippen LogP contribution in [0.1, 0.15) is 29.1 Å². The average Bonchev–Trinajstić information content (AvgIpc) is 2.99. The Labute approximate surface area is 147 Å². The van der Waals surface area contributed by atoms with Crippen molar-refractivity contribution in [1.82, 2.24) is 9.88 Å². The first-order chi connectivity index (χ1) is 11.0. The number of para-hydroxylation sites is 1. The topological polar surface area (TPSA) is 46.3 Å². The van der Waals surface area contributed by atoms with Crippen molar-refractivity contribution in [3.63, 3.8) is 0 Å². The quantitative estimate of drug-likeness (QED) is 0.583. The number of carbonyl (C=O) groups is 1. The van der Waals surface area contributed by atoms with Crippen molar-refractivity contribution in [3.05, 3.63) is 63.5 Å². The minimum atomic E-state index is -0.232. The van der Waals surface area contributed by atoms with Crippen LogP contribution in [0.5, 0.6) is 0 Å². The zero-order valence-electron chi connectivity index (χ0n) is 12.6. The molecule has 1 unspecified atom stereocenters. The Morgan fingerprint density at radius 3 is 2.83 bits per heavy atom. The average molecular weight is 394 g/mol. The molecule has 0 aliphatic carbocycles. The minimum absolute atomic E-state index is 0.182. The van der Waals surface area contributed by atoms with Crippen molar-refractivity contribution >= 4 is 44.4 Å². The molecule has 2 aromatic heterocycles. The van der Waals surface area contributed by atoms with Crippen molar-refractivity contribution in [1.29, 1.82) is 0 Å². The summed E-state index contributed by atoms with van der Waals surface area (Å²) in [6, 6.07) is 11.1. The largest absolute Gasteiger partial charge is 0.459 e. The fourth-order valence-corrected chi connectivity index (χ4v) is 2.85. The highest BCUT2D eigenvalue weighted by molar-refractivity contribution is 9.10. The summed E-state index contributed by atoms with van der Waals surface area (Å²) in [5.74, 6) is 0.512. The Kier molecular flexibility index (Phi) is 4.41. The fourth-order valence-electron chi connectivity index (χ4n) is 2.34. The van der Waals surface area contributed by atoms with Gasteiger partial charge in [-0.3, -0.25) is 4.79 Å². The van der Waals surface area contributed by atoms with Crippen LogP contribution in [0, 0.1) is 0 Å². The third-order valence-corrected chi connectivity index (χ3v) is 4.53. The van der Waals surface area contributed by atoms with Crippen LogP contribution in [0.15, 0.2) is 51.5 Å². The molecule has 1 atom stereocenters. The zero-order chi connectivity index (χ0) is 16.6. The van der Waals surface area contributed by atoms with E-state index in [1.165, 1.54) is 0 Å². The molecule has 6 heteroatoms. The fraction of sp³-hybridized carbons (Fsp3) is 0.176. The van der Waals surface area contributed by atoms with E-state index in [0.29, 0.717) is 10.0 Å². The standard InChI is InChI=1S/C17H14BrClN2O2/c1-10(15-7-11-5-3-4-6-14(11)23-15)21(2)17(22)13-8-12(18)9-20-16(13)19/h3-10H,1-2H3. The lowest BCUT2D eigenvalue weighted by molar-refractivity contribution is 0.0727. The number of nitrogens with zero attached hydrogens (tertiary/aromatic N) is 2. The van der Waals surface area contributed by atoms with E-state index in [4.69, 9.17) is 16.0 Å².